The van der Waals surface area contributed by atoms with Crippen LogP contribution in [0.1, 0.15) is 26.3 Å². The summed E-state index contributed by atoms with van der Waals surface area (Å²) in [5, 5.41) is 17.3. The van der Waals surface area contributed by atoms with Gasteiger partial charge in [-0.15, -0.1) is 0 Å². The lowest BCUT2D eigenvalue weighted by atomic mass is 9.83. The molecule has 0 unspecified atom stereocenters. The fourth-order valence-corrected chi connectivity index (χ4v) is 4.04. The molecule has 0 atom stereocenters. The monoisotopic (exact) mass is 456 g/mol. The van der Waals surface area contributed by atoms with E-state index in [0.29, 0.717) is 11.1 Å². The summed E-state index contributed by atoms with van der Waals surface area (Å²) in [6.45, 7) is 6.19. The van der Waals surface area contributed by atoms with Gasteiger partial charge in [0.1, 0.15) is 22.9 Å². The first-order valence-corrected chi connectivity index (χ1v) is 10.9. The predicted octanol–water partition coefficient (Wildman–Crippen LogP) is 7.51. The van der Waals surface area contributed by atoms with Crippen molar-refractivity contribution in [2.24, 2.45) is 0 Å². The molecule has 1 N–H and O–H groups in total. The van der Waals surface area contributed by atoms with Gasteiger partial charge >= 0.3 is 0 Å². The van der Waals surface area contributed by atoms with E-state index in [1.807, 2.05) is 48.5 Å². The quantitative estimate of drug-likeness (QED) is 0.305. The summed E-state index contributed by atoms with van der Waals surface area (Å²) in [6.07, 6.45) is 0. The first-order valence-electron chi connectivity index (χ1n) is 10.9. The molecule has 1 aromatic heterocycles. The van der Waals surface area contributed by atoms with Crippen LogP contribution in [0, 0.1) is 11.6 Å². The number of aromatic hydroxyl groups is 1. The Hall–Kier alpha value is -4.06. The molecule has 0 amide bonds. The zero-order valence-electron chi connectivity index (χ0n) is 18.9. The van der Waals surface area contributed by atoms with Crippen molar-refractivity contribution in [2.75, 3.05) is 0 Å². The summed E-state index contributed by atoms with van der Waals surface area (Å²) >= 11 is 0. The summed E-state index contributed by atoms with van der Waals surface area (Å²) in [4.78, 5) is 4.24. The van der Waals surface area contributed by atoms with Crippen LogP contribution in [0.2, 0.25) is 0 Å². The van der Waals surface area contributed by atoms with Gasteiger partial charge in [-0.3, -0.25) is 0 Å². The molecule has 170 valence electrons. The largest absolute Gasteiger partial charge is 0.507 e. The van der Waals surface area contributed by atoms with Gasteiger partial charge in [-0.2, -0.15) is 4.98 Å². The molecular weight excluding hydrogens is 434 g/mol. The second-order valence-corrected chi connectivity index (χ2v) is 9.22. The Kier molecular flexibility index (Phi) is 5.16. The maximum absolute atomic E-state index is 14.3. The average Bonchev–Trinajstić information content (AvgIpc) is 3.27. The van der Waals surface area contributed by atoms with Gasteiger partial charge in [0, 0.05) is 5.56 Å². The minimum Gasteiger partial charge on any atom is -0.507 e. The fraction of sp³-hybridized carbons (Fsp3) is 0.143. The second kappa shape index (κ2) is 8.06. The minimum absolute atomic E-state index is 0.0364. The summed E-state index contributed by atoms with van der Waals surface area (Å²) in [5.74, 6) is -1.90. The van der Waals surface area contributed by atoms with Gasteiger partial charge in [-0.1, -0.05) is 74.5 Å². The van der Waals surface area contributed by atoms with E-state index in [0.717, 1.165) is 34.0 Å². The zero-order valence-corrected chi connectivity index (χ0v) is 18.9. The molecule has 4 nitrogen and oxygen atoms in total. The van der Waals surface area contributed by atoms with Gasteiger partial charge in [0.15, 0.2) is 0 Å². The van der Waals surface area contributed by atoms with Crippen LogP contribution in [0.3, 0.4) is 0 Å². The number of phenolic OH excluding ortho intramolecular Hbond substituents is 1. The van der Waals surface area contributed by atoms with E-state index in [4.69, 9.17) is 4.52 Å². The van der Waals surface area contributed by atoms with E-state index in [1.165, 1.54) is 6.07 Å². The van der Waals surface area contributed by atoms with E-state index in [-0.39, 0.29) is 22.9 Å². The van der Waals surface area contributed by atoms with Crippen LogP contribution in [0.4, 0.5) is 8.78 Å². The number of nitrogens with zero attached hydrogens (tertiary/aromatic N) is 2. The third-order valence-corrected chi connectivity index (χ3v) is 5.90. The van der Waals surface area contributed by atoms with Crippen LogP contribution in [0.5, 0.6) is 5.75 Å². The van der Waals surface area contributed by atoms with Gasteiger partial charge in [0.05, 0.1) is 5.56 Å². The number of phenols is 1. The van der Waals surface area contributed by atoms with E-state index in [9.17, 15) is 13.9 Å². The van der Waals surface area contributed by atoms with Gasteiger partial charge < -0.3 is 9.63 Å². The van der Waals surface area contributed by atoms with Crippen molar-refractivity contribution in [3.05, 3.63) is 90.0 Å². The van der Waals surface area contributed by atoms with Crippen molar-refractivity contribution in [1.82, 2.24) is 10.1 Å². The highest BCUT2D eigenvalue weighted by Crippen LogP contribution is 2.43. The molecule has 6 heteroatoms. The summed E-state index contributed by atoms with van der Waals surface area (Å²) < 4.78 is 33.7. The third kappa shape index (κ3) is 3.71. The number of benzene rings is 4. The molecule has 0 aliphatic rings. The number of halogens is 2. The lowest BCUT2D eigenvalue weighted by Gasteiger charge is -2.22. The highest BCUT2D eigenvalue weighted by molar-refractivity contribution is 5.99. The number of hydrogen-bond acceptors (Lipinski definition) is 4. The average molecular weight is 456 g/mol. The third-order valence-electron chi connectivity index (χ3n) is 5.90. The SMILES string of the molecule is CC(C)(C)c1cc(-c2noc(-c3c(F)cccc3F)n2)c(O)c(-c2cccc3ccccc23)c1. The lowest BCUT2D eigenvalue weighted by molar-refractivity contribution is 0.425. The first-order chi connectivity index (χ1) is 16.2. The Morgan fingerprint density at radius 3 is 2.18 bits per heavy atom. The first kappa shape index (κ1) is 21.8. The second-order valence-electron chi connectivity index (χ2n) is 9.22. The van der Waals surface area contributed by atoms with Crippen LogP contribution in [0.25, 0.3) is 44.7 Å². The molecule has 5 aromatic rings. The molecular formula is C28H22F2N2O2. The van der Waals surface area contributed by atoms with Crippen molar-refractivity contribution < 1.29 is 18.4 Å². The Morgan fingerprint density at radius 2 is 1.44 bits per heavy atom. The molecule has 0 aliphatic carbocycles. The molecule has 0 saturated heterocycles. The molecule has 0 spiro atoms. The summed E-state index contributed by atoms with van der Waals surface area (Å²) in [6, 6.07) is 21.1. The van der Waals surface area contributed by atoms with Crippen LogP contribution in [-0.4, -0.2) is 15.2 Å². The number of rotatable bonds is 3. The number of aromatic nitrogens is 2. The summed E-state index contributed by atoms with van der Waals surface area (Å²) in [7, 11) is 0. The molecule has 34 heavy (non-hydrogen) atoms. The molecule has 0 radical (unpaired) electrons. The topological polar surface area (TPSA) is 59.2 Å². The van der Waals surface area contributed by atoms with Crippen molar-refractivity contribution in [3.63, 3.8) is 0 Å². The molecule has 0 fully saturated rings. The molecule has 0 saturated carbocycles. The Morgan fingerprint density at radius 1 is 0.794 bits per heavy atom. The van der Waals surface area contributed by atoms with Gasteiger partial charge in [0.25, 0.3) is 5.89 Å². The standard InChI is InChI=1S/C28H22F2N2O2/c1-28(2,3)17-14-20(19-11-6-9-16-8-4-5-10-18(16)19)25(33)21(15-17)26-31-27(34-32-26)24-22(29)12-7-13-23(24)30/h4-15,33H,1-3H3. The Bertz CT molecular complexity index is 1510. The van der Waals surface area contributed by atoms with Crippen molar-refractivity contribution in [2.45, 2.75) is 26.2 Å². The van der Waals surface area contributed by atoms with E-state index in [2.05, 4.69) is 30.9 Å². The molecule has 1 heterocycles. The molecule has 0 aliphatic heterocycles. The lowest BCUT2D eigenvalue weighted by Crippen LogP contribution is -2.11. The van der Waals surface area contributed by atoms with Crippen LogP contribution >= 0.6 is 0 Å². The summed E-state index contributed by atoms with van der Waals surface area (Å²) in [5.41, 5.74) is 2.07. The van der Waals surface area contributed by atoms with Gasteiger partial charge in [-0.25, -0.2) is 8.78 Å². The Balaban J connectivity index is 1.74. The van der Waals surface area contributed by atoms with Crippen molar-refractivity contribution >= 4 is 10.8 Å². The molecule has 0 bridgehead atoms. The molecule has 4 aromatic carbocycles. The van der Waals surface area contributed by atoms with E-state index in [1.54, 1.807) is 6.07 Å². The maximum atomic E-state index is 14.3. The van der Waals surface area contributed by atoms with Crippen molar-refractivity contribution in [1.29, 1.82) is 0 Å². The predicted molar refractivity (Wildman–Crippen MR) is 128 cm³/mol. The van der Waals surface area contributed by atoms with Crippen LogP contribution in [0.15, 0.2) is 77.3 Å². The highest BCUT2D eigenvalue weighted by Gasteiger charge is 2.25. The van der Waals surface area contributed by atoms with E-state index >= 15 is 0 Å². The smallest absolute Gasteiger partial charge is 0.264 e. The zero-order chi connectivity index (χ0) is 24.0. The Labute approximate surface area is 195 Å². The number of hydrogen-bond donors (Lipinski definition) is 1. The van der Waals surface area contributed by atoms with E-state index < -0.39 is 17.2 Å². The maximum Gasteiger partial charge on any atom is 0.264 e. The number of fused-ring (bicyclic) bond motifs is 1. The fourth-order valence-electron chi connectivity index (χ4n) is 4.04. The van der Waals surface area contributed by atoms with Crippen LogP contribution < -0.4 is 0 Å². The van der Waals surface area contributed by atoms with Crippen molar-refractivity contribution in [3.8, 4) is 39.7 Å². The highest BCUT2D eigenvalue weighted by atomic mass is 19.1. The van der Waals surface area contributed by atoms with Crippen LogP contribution in [-0.2, 0) is 5.41 Å². The molecule has 5 rings (SSSR count). The normalized spacial score (nSPS) is 11.8. The minimum atomic E-state index is -0.806. The van der Waals surface area contributed by atoms with Gasteiger partial charge in [0.2, 0.25) is 5.82 Å². The van der Waals surface area contributed by atoms with Gasteiger partial charge in [-0.05, 0) is 51.6 Å².